The number of hydrogen-bond acceptors (Lipinski definition) is 4. The molecule has 0 spiro atoms. The first kappa shape index (κ1) is 22.6. The number of halogens is 1. The molecule has 31 heavy (non-hydrogen) atoms. The number of carbonyl (C=O) groups is 3. The topological polar surface area (TPSA) is 70.2 Å². The standard InChI is InChI=1S/C23H26ClN3O4/c1-4-25(21(28)12-17-8-10-18(31-3)11-9-17)13-22(29)26-14-23(30)27(15-26)20-7-5-6-19(24)16(20)2/h5-11H,4,12-15H2,1-3H3. The zero-order chi connectivity index (χ0) is 22.5. The van der Waals surface area contributed by atoms with Gasteiger partial charge in [-0.2, -0.15) is 0 Å². The fraction of sp³-hybridized carbons (Fsp3) is 0.348. The molecule has 1 aliphatic rings. The van der Waals surface area contributed by atoms with Crippen molar-refractivity contribution < 1.29 is 19.1 Å². The lowest BCUT2D eigenvalue weighted by Crippen LogP contribution is -2.43. The van der Waals surface area contributed by atoms with Gasteiger partial charge < -0.3 is 14.5 Å². The molecule has 2 aromatic carbocycles. The average molecular weight is 444 g/mol. The van der Waals surface area contributed by atoms with Crippen LogP contribution < -0.4 is 9.64 Å². The Morgan fingerprint density at radius 3 is 2.52 bits per heavy atom. The lowest BCUT2D eigenvalue weighted by atomic mass is 10.1. The van der Waals surface area contributed by atoms with Crippen LogP contribution in [-0.4, -0.2) is 60.9 Å². The molecule has 0 atom stereocenters. The molecular weight excluding hydrogens is 418 g/mol. The first-order valence-electron chi connectivity index (χ1n) is 10.1. The van der Waals surface area contributed by atoms with E-state index in [0.717, 1.165) is 16.9 Å². The Labute approximate surface area is 187 Å². The van der Waals surface area contributed by atoms with Crippen molar-refractivity contribution in [1.29, 1.82) is 0 Å². The SMILES string of the molecule is CCN(CC(=O)N1CC(=O)N(c2cccc(Cl)c2C)C1)C(=O)Cc1ccc(OC)cc1. The summed E-state index contributed by atoms with van der Waals surface area (Å²) in [5.41, 5.74) is 2.32. The van der Waals surface area contributed by atoms with Crippen LogP contribution in [0, 0.1) is 6.92 Å². The summed E-state index contributed by atoms with van der Waals surface area (Å²) in [6.07, 6.45) is 0.192. The van der Waals surface area contributed by atoms with Gasteiger partial charge in [0.2, 0.25) is 17.7 Å². The molecule has 0 bridgehead atoms. The zero-order valence-electron chi connectivity index (χ0n) is 17.9. The molecule has 2 aromatic rings. The van der Waals surface area contributed by atoms with E-state index in [0.29, 0.717) is 17.3 Å². The van der Waals surface area contributed by atoms with Crippen LogP contribution in [-0.2, 0) is 20.8 Å². The minimum Gasteiger partial charge on any atom is -0.497 e. The van der Waals surface area contributed by atoms with Crippen molar-refractivity contribution in [3.63, 3.8) is 0 Å². The van der Waals surface area contributed by atoms with Crippen molar-refractivity contribution in [2.24, 2.45) is 0 Å². The van der Waals surface area contributed by atoms with Crippen LogP contribution in [0.3, 0.4) is 0 Å². The third-order valence-electron chi connectivity index (χ3n) is 5.40. The number of amides is 3. The van der Waals surface area contributed by atoms with E-state index in [4.69, 9.17) is 16.3 Å². The van der Waals surface area contributed by atoms with Gasteiger partial charge in [0.25, 0.3) is 0 Å². The molecule has 164 valence electrons. The highest BCUT2D eigenvalue weighted by atomic mass is 35.5. The Hall–Kier alpha value is -3.06. The largest absolute Gasteiger partial charge is 0.497 e. The van der Waals surface area contributed by atoms with E-state index >= 15 is 0 Å². The van der Waals surface area contributed by atoms with Crippen LogP contribution in [0.15, 0.2) is 42.5 Å². The number of anilines is 1. The molecule has 7 nitrogen and oxygen atoms in total. The lowest BCUT2D eigenvalue weighted by Gasteiger charge is -2.24. The zero-order valence-corrected chi connectivity index (χ0v) is 18.7. The minimum absolute atomic E-state index is 0.0188. The van der Waals surface area contributed by atoms with Crippen molar-refractivity contribution in [3.8, 4) is 5.75 Å². The molecule has 0 unspecified atom stereocenters. The van der Waals surface area contributed by atoms with Gasteiger partial charge in [-0.25, -0.2) is 0 Å². The Morgan fingerprint density at radius 1 is 1.16 bits per heavy atom. The fourth-order valence-electron chi connectivity index (χ4n) is 3.48. The van der Waals surface area contributed by atoms with Gasteiger partial charge in [-0.1, -0.05) is 29.8 Å². The van der Waals surface area contributed by atoms with Crippen molar-refractivity contribution in [2.75, 3.05) is 38.3 Å². The number of methoxy groups -OCH3 is 1. The van der Waals surface area contributed by atoms with Gasteiger partial charge in [-0.15, -0.1) is 0 Å². The molecular formula is C23H26ClN3O4. The summed E-state index contributed by atoms with van der Waals surface area (Å²) < 4.78 is 5.13. The van der Waals surface area contributed by atoms with E-state index in [1.54, 1.807) is 36.3 Å². The number of likely N-dealkylation sites (N-methyl/N-ethyl adjacent to an activating group) is 1. The van der Waals surface area contributed by atoms with Gasteiger partial charge in [0.05, 0.1) is 20.1 Å². The van der Waals surface area contributed by atoms with Gasteiger partial charge in [-0.3, -0.25) is 19.3 Å². The van der Waals surface area contributed by atoms with E-state index in [9.17, 15) is 14.4 Å². The molecule has 1 heterocycles. The van der Waals surface area contributed by atoms with E-state index in [2.05, 4.69) is 0 Å². The fourth-order valence-corrected chi connectivity index (χ4v) is 3.65. The van der Waals surface area contributed by atoms with Crippen LogP contribution >= 0.6 is 11.6 Å². The second-order valence-corrected chi connectivity index (χ2v) is 7.78. The number of rotatable bonds is 7. The van der Waals surface area contributed by atoms with Crippen molar-refractivity contribution in [1.82, 2.24) is 9.80 Å². The second-order valence-electron chi connectivity index (χ2n) is 7.37. The highest BCUT2D eigenvalue weighted by molar-refractivity contribution is 6.31. The van der Waals surface area contributed by atoms with Crippen LogP contribution in [0.1, 0.15) is 18.1 Å². The number of carbonyl (C=O) groups excluding carboxylic acids is 3. The van der Waals surface area contributed by atoms with E-state index in [-0.39, 0.29) is 43.9 Å². The van der Waals surface area contributed by atoms with Gasteiger partial charge in [0, 0.05) is 17.3 Å². The van der Waals surface area contributed by atoms with E-state index in [1.165, 1.54) is 9.80 Å². The Morgan fingerprint density at radius 2 is 1.87 bits per heavy atom. The molecule has 3 amide bonds. The predicted octanol–water partition coefficient (Wildman–Crippen LogP) is 2.88. The number of ether oxygens (including phenoxy) is 1. The van der Waals surface area contributed by atoms with Crippen molar-refractivity contribution in [3.05, 3.63) is 58.6 Å². The Kier molecular flexibility index (Phi) is 7.17. The molecule has 0 aromatic heterocycles. The number of nitrogens with zero attached hydrogens (tertiary/aromatic N) is 3. The summed E-state index contributed by atoms with van der Waals surface area (Å²) in [5, 5.41) is 0.566. The maximum Gasteiger partial charge on any atom is 0.248 e. The van der Waals surface area contributed by atoms with Gasteiger partial charge >= 0.3 is 0 Å². The smallest absolute Gasteiger partial charge is 0.248 e. The predicted molar refractivity (Wildman–Crippen MR) is 119 cm³/mol. The molecule has 0 radical (unpaired) electrons. The second kappa shape index (κ2) is 9.83. The third kappa shape index (κ3) is 5.17. The van der Waals surface area contributed by atoms with E-state index in [1.807, 2.05) is 32.0 Å². The molecule has 0 N–H and O–H groups in total. The summed E-state index contributed by atoms with van der Waals surface area (Å²) in [6, 6.07) is 12.6. The summed E-state index contributed by atoms with van der Waals surface area (Å²) >= 11 is 6.18. The molecule has 8 heteroatoms. The van der Waals surface area contributed by atoms with Gasteiger partial charge in [0.15, 0.2) is 0 Å². The molecule has 0 aliphatic carbocycles. The van der Waals surface area contributed by atoms with Crippen LogP contribution in [0.2, 0.25) is 5.02 Å². The Balaban J connectivity index is 1.63. The third-order valence-corrected chi connectivity index (χ3v) is 5.81. The van der Waals surface area contributed by atoms with Crippen LogP contribution in [0.4, 0.5) is 5.69 Å². The molecule has 1 saturated heterocycles. The molecule has 0 saturated carbocycles. The first-order chi connectivity index (χ1) is 14.8. The Bertz CT molecular complexity index is 977. The lowest BCUT2D eigenvalue weighted by molar-refractivity contribution is -0.139. The molecule has 1 aliphatic heterocycles. The highest BCUT2D eigenvalue weighted by Gasteiger charge is 2.33. The summed E-state index contributed by atoms with van der Waals surface area (Å²) in [6.45, 7) is 4.13. The van der Waals surface area contributed by atoms with Crippen LogP contribution in [0.5, 0.6) is 5.75 Å². The summed E-state index contributed by atoms with van der Waals surface area (Å²) in [4.78, 5) is 42.6. The summed E-state index contributed by atoms with van der Waals surface area (Å²) in [7, 11) is 1.59. The maximum absolute atomic E-state index is 12.8. The highest BCUT2D eigenvalue weighted by Crippen LogP contribution is 2.28. The average Bonchev–Trinajstić information content (AvgIpc) is 3.15. The molecule has 3 rings (SSSR count). The van der Waals surface area contributed by atoms with Gasteiger partial charge in [0.1, 0.15) is 19.0 Å². The van der Waals surface area contributed by atoms with Crippen LogP contribution in [0.25, 0.3) is 0 Å². The monoisotopic (exact) mass is 443 g/mol. The minimum atomic E-state index is -0.263. The van der Waals surface area contributed by atoms with Gasteiger partial charge in [-0.05, 0) is 49.2 Å². The number of benzene rings is 2. The first-order valence-corrected chi connectivity index (χ1v) is 10.5. The van der Waals surface area contributed by atoms with Crippen molar-refractivity contribution >= 4 is 35.0 Å². The number of hydrogen-bond donors (Lipinski definition) is 0. The normalized spacial score (nSPS) is 13.5. The maximum atomic E-state index is 12.8. The van der Waals surface area contributed by atoms with Crippen molar-refractivity contribution in [2.45, 2.75) is 20.3 Å². The summed E-state index contributed by atoms with van der Waals surface area (Å²) in [5.74, 6) is 0.137. The quantitative estimate of drug-likeness (QED) is 0.659. The van der Waals surface area contributed by atoms with E-state index < -0.39 is 0 Å². The molecule has 1 fully saturated rings.